The number of ether oxygens (including phenoxy) is 1. The van der Waals surface area contributed by atoms with Gasteiger partial charge in [-0.3, -0.25) is 14.5 Å². The molecule has 1 unspecified atom stereocenters. The Kier molecular flexibility index (Phi) is 5.53. The largest absolute Gasteiger partial charge is 0.496 e. The number of carbonyl (C=O) groups excluding carboxylic acids is 2. The number of carbonyl (C=O) groups is 2. The van der Waals surface area contributed by atoms with Crippen molar-refractivity contribution >= 4 is 17.5 Å². The number of fused-ring (bicyclic) bond motifs is 1. The van der Waals surface area contributed by atoms with Gasteiger partial charge < -0.3 is 10.1 Å². The molecule has 1 heterocycles. The van der Waals surface area contributed by atoms with Gasteiger partial charge in [-0.05, 0) is 41.8 Å². The molecule has 0 radical (unpaired) electrons. The molecule has 0 saturated heterocycles. The predicted octanol–water partition coefficient (Wildman–Crippen LogP) is 4.28. The molecule has 1 aliphatic rings. The van der Waals surface area contributed by atoms with Crippen LogP contribution < -0.4 is 15.0 Å². The van der Waals surface area contributed by atoms with Crippen LogP contribution in [0.3, 0.4) is 0 Å². The maximum atomic E-state index is 13.3. The fourth-order valence-electron chi connectivity index (χ4n) is 3.90. The van der Waals surface area contributed by atoms with Crippen LogP contribution in [0.15, 0.2) is 72.8 Å². The molecule has 5 nitrogen and oxygen atoms in total. The minimum atomic E-state index is -0.712. The third-order valence-corrected chi connectivity index (χ3v) is 5.45. The number of aryl methyl sites for hydroxylation is 1. The summed E-state index contributed by atoms with van der Waals surface area (Å²) in [5, 5.41) is 2.99. The standard InChI is InChI=1S/C25H24N2O3/c1-3-17-9-8-11-19(15-17)27-23(20-12-5-6-13-21(20)25(27)29)24(28)26-16-18-10-4-7-14-22(18)30-2/h4-15,23H,3,16H2,1-2H3,(H,26,28). The summed E-state index contributed by atoms with van der Waals surface area (Å²) < 4.78 is 5.38. The maximum absolute atomic E-state index is 13.3. The van der Waals surface area contributed by atoms with Crippen molar-refractivity contribution < 1.29 is 14.3 Å². The van der Waals surface area contributed by atoms with Gasteiger partial charge in [-0.25, -0.2) is 0 Å². The molecule has 0 aromatic heterocycles. The topological polar surface area (TPSA) is 58.6 Å². The van der Waals surface area contributed by atoms with Crippen LogP contribution in [0.5, 0.6) is 5.75 Å². The van der Waals surface area contributed by atoms with Crippen molar-refractivity contribution in [3.05, 3.63) is 95.1 Å². The van der Waals surface area contributed by atoms with E-state index in [0.29, 0.717) is 17.9 Å². The molecule has 1 aliphatic heterocycles. The van der Waals surface area contributed by atoms with E-state index in [1.54, 1.807) is 18.1 Å². The monoisotopic (exact) mass is 400 g/mol. The molecule has 3 aromatic carbocycles. The second-order valence-corrected chi connectivity index (χ2v) is 7.22. The number of hydrogen-bond donors (Lipinski definition) is 1. The van der Waals surface area contributed by atoms with E-state index < -0.39 is 6.04 Å². The van der Waals surface area contributed by atoms with Crippen LogP contribution in [0.1, 0.15) is 40.0 Å². The first-order chi connectivity index (χ1) is 14.6. The van der Waals surface area contributed by atoms with Crippen LogP contribution in [0, 0.1) is 0 Å². The molecule has 3 aromatic rings. The molecular formula is C25H24N2O3. The van der Waals surface area contributed by atoms with E-state index >= 15 is 0 Å². The smallest absolute Gasteiger partial charge is 0.259 e. The highest BCUT2D eigenvalue weighted by atomic mass is 16.5. The number of hydrogen-bond acceptors (Lipinski definition) is 3. The Morgan fingerprint density at radius 1 is 1.03 bits per heavy atom. The van der Waals surface area contributed by atoms with Crippen molar-refractivity contribution in [1.29, 1.82) is 0 Å². The highest BCUT2D eigenvalue weighted by Crippen LogP contribution is 2.38. The van der Waals surface area contributed by atoms with Crippen LogP contribution in [0.2, 0.25) is 0 Å². The predicted molar refractivity (Wildman–Crippen MR) is 117 cm³/mol. The molecule has 152 valence electrons. The van der Waals surface area contributed by atoms with E-state index in [1.165, 1.54) is 0 Å². The normalized spacial score (nSPS) is 15.1. The third kappa shape index (κ3) is 3.54. The Morgan fingerprint density at radius 3 is 2.60 bits per heavy atom. The molecule has 2 amide bonds. The van der Waals surface area contributed by atoms with Crippen molar-refractivity contribution in [2.45, 2.75) is 25.9 Å². The van der Waals surface area contributed by atoms with E-state index in [-0.39, 0.29) is 11.8 Å². The zero-order valence-corrected chi connectivity index (χ0v) is 17.1. The molecule has 1 atom stereocenters. The molecule has 0 fully saturated rings. The molecule has 4 rings (SSSR count). The summed E-state index contributed by atoms with van der Waals surface area (Å²) in [6.45, 7) is 2.38. The van der Waals surface area contributed by atoms with Crippen LogP contribution in [0.4, 0.5) is 5.69 Å². The van der Waals surface area contributed by atoms with E-state index in [2.05, 4.69) is 12.2 Å². The first kappa shape index (κ1) is 19.7. The van der Waals surface area contributed by atoms with Gasteiger partial charge in [-0.1, -0.05) is 55.5 Å². The van der Waals surface area contributed by atoms with Crippen molar-refractivity contribution in [2.24, 2.45) is 0 Å². The van der Waals surface area contributed by atoms with Crippen LogP contribution >= 0.6 is 0 Å². The molecule has 5 heteroatoms. The lowest BCUT2D eigenvalue weighted by Gasteiger charge is -2.25. The van der Waals surface area contributed by atoms with Crippen molar-refractivity contribution in [2.75, 3.05) is 12.0 Å². The first-order valence-corrected chi connectivity index (χ1v) is 10.0. The quantitative estimate of drug-likeness (QED) is 0.672. The fraction of sp³-hybridized carbons (Fsp3) is 0.200. The van der Waals surface area contributed by atoms with Crippen molar-refractivity contribution in [3.8, 4) is 5.75 Å². The van der Waals surface area contributed by atoms with Gasteiger partial charge in [0.1, 0.15) is 11.8 Å². The summed E-state index contributed by atoms with van der Waals surface area (Å²) in [6.07, 6.45) is 0.855. The summed E-state index contributed by atoms with van der Waals surface area (Å²) in [6, 6.07) is 22.0. The molecule has 0 bridgehead atoms. The highest BCUT2D eigenvalue weighted by Gasteiger charge is 2.41. The Labute approximate surface area is 176 Å². The van der Waals surface area contributed by atoms with Crippen LogP contribution in [-0.2, 0) is 17.8 Å². The second-order valence-electron chi connectivity index (χ2n) is 7.22. The number of methoxy groups -OCH3 is 1. The van der Waals surface area contributed by atoms with Crippen LogP contribution in [-0.4, -0.2) is 18.9 Å². The van der Waals surface area contributed by atoms with Gasteiger partial charge in [0.05, 0.1) is 7.11 Å². The molecule has 0 saturated carbocycles. The maximum Gasteiger partial charge on any atom is 0.259 e. The molecular weight excluding hydrogens is 376 g/mol. The molecule has 0 spiro atoms. The summed E-state index contributed by atoms with van der Waals surface area (Å²) in [4.78, 5) is 28.1. The summed E-state index contributed by atoms with van der Waals surface area (Å²) >= 11 is 0. The minimum absolute atomic E-state index is 0.156. The molecule has 0 aliphatic carbocycles. The van der Waals surface area contributed by atoms with Gasteiger partial charge in [-0.15, -0.1) is 0 Å². The number of amides is 2. The van der Waals surface area contributed by atoms with E-state index in [9.17, 15) is 9.59 Å². The number of para-hydroxylation sites is 1. The summed E-state index contributed by atoms with van der Waals surface area (Å²) in [5.41, 5.74) is 4.02. The summed E-state index contributed by atoms with van der Waals surface area (Å²) in [5.74, 6) is 0.339. The fourth-order valence-corrected chi connectivity index (χ4v) is 3.90. The Balaban J connectivity index is 1.67. The molecule has 30 heavy (non-hydrogen) atoms. The zero-order valence-electron chi connectivity index (χ0n) is 17.1. The lowest BCUT2D eigenvalue weighted by molar-refractivity contribution is -0.122. The van der Waals surface area contributed by atoms with Crippen molar-refractivity contribution in [3.63, 3.8) is 0 Å². The third-order valence-electron chi connectivity index (χ3n) is 5.45. The lowest BCUT2D eigenvalue weighted by Crippen LogP contribution is -2.39. The average molecular weight is 400 g/mol. The van der Waals surface area contributed by atoms with Gasteiger partial charge in [-0.2, -0.15) is 0 Å². The minimum Gasteiger partial charge on any atom is -0.496 e. The molecule has 1 N–H and O–H groups in total. The number of anilines is 1. The lowest BCUT2D eigenvalue weighted by atomic mass is 10.0. The van der Waals surface area contributed by atoms with Gasteiger partial charge in [0.2, 0.25) is 5.91 Å². The van der Waals surface area contributed by atoms with Gasteiger partial charge >= 0.3 is 0 Å². The first-order valence-electron chi connectivity index (χ1n) is 10.0. The van der Waals surface area contributed by atoms with E-state index in [1.807, 2.05) is 66.7 Å². The second kappa shape index (κ2) is 8.41. The number of rotatable bonds is 6. The number of benzene rings is 3. The van der Waals surface area contributed by atoms with E-state index in [0.717, 1.165) is 28.8 Å². The average Bonchev–Trinajstić information content (AvgIpc) is 3.10. The number of nitrogens with zero attached hydrogens (tertiary/aromatic N) is 1. The van der Waals surface area contributed by atoms with E-state index in [4.69, 9.17) is 4.74 Å². The van der Waals surface area contributed by atoms with Crippen LogP contribution in [0.25, 0.3) is 0 Å². The highest BCUT2D eigenvalue weighted by molar-refractivity contribution is 6.15. The van der Waals surface area contributed by atoms with Gasteiger partial charge in [0.15, 0.2) is 0 Å². The Hall–Kier alpha value is -3.60. The van der Waals surface area contributed by atoms with Crippen molar-refractivity contribution in [1.82, 2.24) is 5.32 Å². The summed E-state index contributed by atoms with van der Waals surface area (Å²) in [7, 11) is 1.61. The SMILES string of the molecule is CCc1cccc(N2C(=O)c3ccccc3C2C(=O)NCc2ccccc2OC)c1. The van der Waals surface area contributed by atoms with Gasteiger partial charge in [0.25, 0.3) is 5.91 Å². The Morgan fingerprint density at radius 2 is 1.80 bits per heavy atom. The van der Waals surface area contributed by atoms with Gasteiger partial charge in [0, 0.05) is 23.4 Å². The zero-order chi connectivity index (χ0) is 21.1. The number of nitrogens with one attached hydrogen (secondary N) is 1. The Bertz CT molecular complexity index is 1090.